The van der Waals surface area contributed by atoms with Gasteiger partial charge in [-0.25, -0.2) is 0 Å². The van der Waals surface area contributed by atoms with E-state index in [-0.39, 0.29) is 0 Å². The summed E-state index contributed by atoms with van der Waals surface area (Å²) >= 11 is 0. The van der Waals surface area contributed by atoms with Crippen LogP contribution >= 0.6 is 0 Å². The molecule has 0 amide bonds. The van der Waals surface area contributed by atoms with Crippen LogP contribution in [0.1, 0.15) is 57.2 Å². The molecule has 0 radical (unpaired) electrons. The number of hydrogen-bond acceptors (Lipinski definition) is 0. The van der Waals surface area contributed by atoms with Gasteiger partial charge in [0.25, 0.3) is 0 Å². The fraction of sp³-hybridized carbons (Fsp3) is 0.600. The van der Waals surface area contributed by atoms with Crippen molar-refractivity contribution in [1.29, 1.82) is 0 Å². The molecule has 2 aliphatic heterocycles. The minimum atomic E-state index is 0.301. The Kier molecular flexibility index (Phi) is 3.53. The molecule has 2 heteroatoms. The summed E-state index contributed by atoms with van der Waals surface area (Å²) < 4.78 is 0. The van der Waals surface area contributed by atoms with E-state index in [2.05, 4.69) is 43.1 Å². The van der Waals surface area contributed by atoms with Gasteiger partial charge in [0.1, 0.15) is 5.54 Å². The molecule has 0 saturated carbocycles. The Balaban J connectivity index is 1.77. The van der Waals surface area contributed by atoms with E-state index in [9.17, 15) is 0 Å². The summed E-state index contributed by atoms with van der Waals surface area (Å²) in [4.78, 5) is 5.66. The van der Waals surface area contributed by atoms with Gasteiger partial charge in [0.2, 0.25) is 0 Å². The van der Waals surface area contributed by atoms with Crippen LogP contribution in [0.5, 0.6) is 0 Å². The van der Waals surface area contributed by atoms with Gasteiger partial charge in [0, 0.05) is 29.7 Å². The maximum Gasteiger partial charge on any atom is 0.136 e. The van der Waals surface area contributed by atoms with E-state index in [0.717, 1.165) is 5.92 Å². The van der Waals surface area contributed by atoms with Crippen LogP contribution in [0.2, 0.25) is 0 Å². The average Bonchev–Trinajstić information content (AvgIpc) is 2.84. The number of aromatic amines is 1. The number of aromatic nitrogens is 1. The summed E-state index contributed by atoms with van der Waals surface area (Å²) in [5.41, 5.74) is 4.80. The van der Waals surface area contributed by atoms with E-state index < -0.39 is 0 Å². The monoisotopic (exact) mass is 297 g/mol. The van der Waals surface area contributed by atoms with E-state index in [1.807, 2.05) is 4.90 Å². The zero-order chi connectivity index (χ0) is 15.2. The fourth-order valence-corrected chi connectivity index (χ4v) is 5.09. The molecule has 1 aromatic heterocycles. The first kappa shape index (κ1) is 14.3. The zero-order valence-electron chi connectivity index (χ0n) is 14.0. The van der Waals surface area contributed by atoms with Crippen molar-refractivity contribution in [2.45, 2.75) is 57.9 Å². The normalized spacial score (nSPS) is 31.5. The van der Waals surface area contributed by atoms with Gasteiger partial charge in [-0.3, -0.25) is 0 Å². The quantitative estimate of drug-likeness (QED) is 0.847. The van der Waals surface area contributed by atoms with Gasteiger partial charge >= 0.3 is 0 Å². The van der Waals surface area contributed by atoms with Crippen LogP contribution in [0.25, 0.3) is 10.9 Å². The maximum atomic E-state index is 3.82. The van der Waals surface area contributed by atoms with Crippen LogP contribution < -0.4 is 4.90 Å². The Morgan fingerprint density at radius 2 is 2.18 bits per heavy atom. The number of H-pyrrole nitrogens is 1. The van der Waals surface area contributed by atoms with Crippen molar-refractivity contribution >= 4 is 10.9 Å². The highest BCUT2D eigenvalue weighted by molar-refractivity contribution is 5.85. The van der Waals surface area contributed by atoms with Gasteiger partial charge in [0.05, 0.1) is 18.8 Å². The van der Waals surface area contributed by atoms with Crippen LogP contribution in [0.15, 0.2) is 24.3 Å². The average molecular weight is 297 g/mol. The number of nitrogens with one attached hydrogen (secondary N) is 2. The Labute approximate surface area is 133 Å². The second-order valence-electron chi connectivity index (χ2n) is 7.71. The summed E-state index contributed by atoms with van der Waals surface area (Å²) in [7, 11) is 0. The van der Waals surface area contributed by atoms with Crippen molar-refractivity contribution in [1.82, 2.24) is 4.98 Å². The molecule has 2 aromatic rings. The maximum absolute atomic E-state index is 3.82. The third-order valence-electron chi connectivity index (χ3n) is 6.34. The van der Waals surface area contributed by atoms with Crippen molar-refractivity contribution in [2.75, 3.05) is 13.1 Å². The minimum Gasteiger partial charge on any atom is -0.353 e. The highest BCUT2D eigenvalue weighted by Crippen LogP contribution is 2.36. The number of aryl methyl sites for hydroxylation is 1. The Bertz CT molecular complexity index is 671. The van der Waals surface area contributed by atoms with E-state index in [1.54, 1.807) is 11.3 Å². The number of piperidine rings is 1. The van der Waals surface area contributed by atoms with Crippen molar-refractivity contribution < 1.29 is 4.90 Å². The molecule has 3 atom stereocenters. The van der Waals surface area contributed by atoms with Gasteiger partial charge in [-0.2, -0.15) is 0 Å². The first-order chi connectivity index (χ1) is 10.7. The summed E-state index contributed by atoms with van der Waals surface area (Å²) in [5, 5.41) is 1.47. The van der Waals surface area contributed by atoms with Crippen LogP contribution in [-0.2, 0) is 12.0 Å². The molecular weight excluding hydrogens is 268 g/mol. The van der Waals surface area contributed by atoms with E-state index in [1.165, 1.54) is 62.5 Å². The van der Waals surface area contributed by atoms with Crippen LogP contribution in [0.3, 0.4) is 0 Å². The molecular formula is C20H29N2+. The van der Waals surface area contributed by atoms with Gasteiger partial charge in [0.15, 0.2) is 0 Å². The van der Waals surface area contributed by atoms with E-state index in [0.29, 0.717) is 5.54 Å². The van der Waals surface area contributed by atoms with Crippen molar-refractivity contribution in [3.63, 3.8) is 0 Å². The summed E-state index contributed by atoms with van der Waals surface area (Å²) in [5.74, 6) is 0.944. The van der Waals surface area contributed by atoms with Crippen LogP contribution in [-0.4, -0.2) is 18.1 Å². The predicted octanol–water partition coefficient (Wildman–Crippen LogP) is 3.42. The fourth-order valence-electron chi connectivity index (χ4n) is 5.09. The summed E-state index contributed by atoms with van der Waals surface area (Å²) in [6, 6.07) is 8.90. The van der Waals surface area contributed by atoms with Crippen LogP contribution in [0, 0.1) is 5.92 Å². The lowest BCUT2D eigenvalue weighted by molar-refractivity contribution is -0.968. The Morgan fingerprint density at radius 1 is 1.32 bits per heavy atom. The lowest BCUT2D eigenvalue weighted by atomic mass is 9.79. The second-order valence-corrected chi connectivity index (χ2v) is 7.71. The second kappa shape index (κ2) is 5.42. The molecule has 1 fully saturated rings. The number of benzene rings is 1. The van der Waals surface area contributed by atoms with Gasteiger partial charge in [-0.05, 0) is 37.8 Å². The molecule has 118 valence electrons. The SMILES string of the molecule is CCC[C@@H]1CC[C@@]2(C)c3[nH]c4ccccc4c3CCC[NH+]2C1. The van der Waals surface area contributed by atoms with Crippen LogP contribution in [0.4, 0.5) is 0 Å². The Morgan fingerprint density at radius 3 is 3.05 bits per heavy atom. The van der Waals surface area contributed by atoms with E-state index >= 15 is 0 Å². The zero-order valence-corrected chi connectivity index (χ0v) is 14.0. The predicted molar refractivity (Wildman–Crippen MR) is 92.3 cm³/mol. The first-order valence-corrected chi connectivity index (χ1v) is 9.17. The summed E-state index contributed by atoms with van der Waals surface area (Å²) in [6.07, 6.45) is 8.08. The number of quaternary nitrogens is 1. The van der Waals surface area contributed by atoms with Crippen molar-refractivity contribution in [3.8, 4) is 0 Å². The number of para-hydroxylation sites is 1. The Hall–Kier alpha value is -1.28. The van der Waals surface area contributed by atoms with Gasteiger partial charge < -0.3 is 9.88 Å². The standard InChI is InChI=1S/C20H28N2/c1-3-7-15-11-12-20(2)19-17(9-6-13-22(20)14-15)16-8-4-5-10-18(16)21-19/h4-5,8,10,15,21H,3,6-7,9,11-14H2,1-2H3/p+1/t15-,20+/m1/s1. The molecule has 2 aliphatic rings. The van der Waals surface area contributed by atoms with Crippen molar-refractivity contribution in [3.05, 3.63) is 35.5 Å². The number of rotatable bonds is 2. The molecule has 0 spiro atoms. The highest BCUT2D eigenvalue weighted by Gasteiger charge is 2.46. The summed E-state index contributed by atoms with van der Waals surface area (Å²) in [6.45, 7) is 7.57. The topological polar surface area (TPSA) is 20.2 Å². The molecule has 1 aromatic carbocycles. The number of hydrogen-bond donors (Lipinski definition) is 2. The van der Waals surface area contributed by atoms with E-state index in [4.69, 9.17) is 0 Å². The van der Waals surface area contributed by atoms with Crippen molar-refractivity contribution in [2.24, 2.45) is 5.92 Å². The first-order valence-electron chi connectivity index (χ1n) is 9.17. The molecule has 4 rings (SSSR count). The molecule has 1 unspecified atom stereocenters. The molecule has 3 heterocycles. The van der Waals surface area contributed by atoms with Gasteiger partial charge in [-0.15, -0.1) is 0 Å². The third kappa shape index (κ3) is 2.11. The number of fused-ring (bicyclic) bond motifs is 5. The largest absolute Gasteiger partial charge is 0.353 e. The minimum absolute atomic E-state index is 0.301. The molecule has 2 N–H and O–H groups in total. The smallest absolute Gasteiger partial charge is 0.136 e. The highest BCUT2D eigenvalue weighted by atomic mass is 15.2. The lowest BCUT2D eigenvalue weighted by Crippen LogP contribution is -3.19. The lowest BCUT2D eigenvalue weighted by Gasteiger charge is -2.43. The molecule has 0 bridgehead atoms. The molecule has 22 heavy (non-hydrogen) atoms. The van der Waals surface area contributed by atoms with Gasteiger partial charge in [-0.1, -0.05) is 31.5 Å². The molecule has 0 aliphatic carbocycles. The molecule has 1 saturated heterocycles. The molecule has 2 nitrogen and oxygen atoms in total. The third-order valence-corrected chi connectivity index (χ3v) is 6.34.